The maximum absolute atomic E-state index is 8.90. The predicted octanol–water partition coefficient (Wildman–Crippen LogP) is 1.71. The minimum absolute atomic E-state index is 0.277. The summed E-state index contributed by atoms with van der Waals surface area (Å²) in [5.41, 5.74) is 0.570. The van der Waals surface area contributed by atoms with Crippen LogP contribution in [0.3, 0.4) is 0 Å². The fraction of sp³-hybridized carbons (Fsp3) is 0.533. The predicted molar refractivity (Wildman–Crippen MR) is 75.0 cm³/mol. The van der Waals surface area contributed by atoms with Gasteiger partial charge in [-0.25, -0.2) is 0 Å². The zero-order valence-corrected chi connectivity index (χ0v) is 11.7. The van der Waals surface area contributed by atoms with Crippen molar-refractivity contribution in [2.75, 3.05) is 33.4 Å². The van der Waals surface area contributed by atoms with Crippen LogP contribution in [0.5, 0.6) is 11.5 Å². The monoisotopic (exact) mass is 276 g/mol. The van der Waals surface area contributed by atoms with Gasteiger partial charge in [0.15, 0.2) is 11.5 Å². The average molecular weight is 276 g/mol. The highest BCUT2D eigenvalue weighted by Gasteiger charge is 2.13. The normalized spacial score (nSPS) is 18.3. The van der Waals surface area contributed by atoms with Gasteiger partial charge in [0, 0.05) is 19.2 Å². The largest absolute Gasteiger partial charge is 0.493 e. The molecule has 1 N–H and O–H groups in total. The lowest BCUT2D eigenvalue weighted by Crippen LogP contribution is -2.38. The van der Waals surface area contributed by atoms with Crippen LogP contribution in [0.1, 0.15) is 18.4 Å². The molecule has 1 saturated heterocycles. The fourth-order valence-electron chi connectivity index (χ4n) is 2.16. The molecule has 2 rings (SSSR count). The molecule has 0 amide bonds. The van der Waals surface area contributed by atoms with Crippen LogP contribution in [0.4, 0.5) is 0 Å². The van der Waals surface area contributed by atoms with Crippen LogP contribution < -0.4 is 14.8 Å². The molecule has 1 aromatic carbocycles. The number of hydrogen-bond donors (Lipinski definition) is 1. The molecule has 1 aliphatic heterocycles. The number of nitrogens with zero attached hydrogens (tertiary/aromatic N) is 1. The van der Waals surface area contributed by atoms with Gasteiger partial charge in [0.1, 0.15) is 0 Å². The highest BCUT2D eigenvalue weighted by Crippen LogP contribution is 2.28. The Morgan fingerprint density at radius 3 is 3.05 bits per heavy atom. The van der Waals surface area contributed by atoms with Crippen LogP contribution in [0, 0.1) is 11.3 Å². The number of nitrogens with one attached hydrogen (secondary N) is 1. The smallest absolute Gasteiger partial charge is 0.162 e. The van der Waals surface area contributed by atoms with Gasteiger partial charge in [0.05, 0.1) is 38.1 Å². The summed E-state index contributed by atoms with van der Waals surface area (Å²) < 4.78 is 16.6. The molecule has 20 heavy (non-hydrogen) atoms. The lowest BCUT2D eigenvalue weighted by atomic mass is 10.2. The zero-order valence-electron chi connectivity index (χ0n) is 11.7. The van der Waals surface area contributed by atoms with E-state index in [4.69, 9.17) is 19.5 Å². The fourth-order valence-corrected chi connectivity index (χ4v) is 2.16. The third-order valence-corrected chi connectivity index (χ3v) is 3.23. The first-order valence-electron chi connectivity index (χ1n) is 6.86. The molecule has 1 unspecified atom stereocenters. The zero-order chi connectivity index (χ0) is 14.2. The molecule has 108 valence electrons. The lowest BCUT2D eigenvalue weighted by molar-refractivity contribution is 0.0203. The number of nitriles is 1. The van der Waals surface area contributed by atoms with Gasteiger partial charge in [0.2, 0.25) is 0 Å². The first kappa shape index (κ1) is 14.6. The number of ether oxygens (including phenoxy) is 3. The standard InChI is InChI=1S/C15H20N2O3/c1-18-14-5-4-12(10-16)9-15(14)20-7-2-3-13-11-17-6-8-19-13/h4-5,9,13,17H,2-3,6-8,11H2,1H3. The lowest BCUT2D eigenvalue weighted by Gasteiger charge is -2.23. The summed E-state index contributed by atoms with van der Waals surface area (Å²) in [6.45, 7) is 3.22. The van der Waals surface area contributed by atoms with Crippen molar-refractivity contribution in [3.05, 3.63) is 23.8 Å². The van der Waals surface area contributed by atoms with Crippen LogP contribution in [0.2, 0.25) is 0 Å². The molecule has 0 bridgehead atoms. The van der Waals surface area contributed by atoms with Gasteiger partial charge in [-0.15, -0.1) is 0 Å². The first-order chi connectivity index (χ1) is 9.83. The molecule has 1 aromatic rings. The van der Waals surface area contributed by atoms with Crippen LogP contribution in [-0.4, -0.2) is 39.5 Å². The van der Waals surface area contributed by atoms with E-state index < -0.39 is 0 Å². The van der Waals surface area contributed by atoms with Gasteiger partial charge in [0.25, 0.3) is 0 Å². The number of methoxy groups -OCH3 is 1. The number of benzene rings is 1. The van der Waals surface area contributed by atoms with E-state index in [1.807, 2.05) is 0 Å². The molecule has 0 saturated carbocycles. The third-order valence-electron chi connectivity index (χ3n) is 3.23. The summed E-state index contributed by atoms with van der Waals surface area (Å²) in [4.78, 5) is 0. The summed E-state index contributed by atoms with van der Waals surface area (Å²) in [7, 11) is 1.59. The summed E-state index contributed by atoms with van der Waals surface area (Å²) in [5, 5.41) is 12.2. The van der Waals surface area contributed by atoms with Gasteiger partial charge < -0.3 is 19.5 Å². The Balaban J connectivity index is 1.79. The van der Waals surface area contributed by atoms with Crippen molar-refractivity contribution in [1.29, 1.82) is 5.26 Å². The summed E-state index contributed by atoms with van der Waals surface area (Å²) in [5.74, 6) is 1.27. The van der Waals surface area contributed by atoms with Gasteiger partial charge in [-0.3, -0.25) is 0 Å². The van der Waals surface area contributed by atoms with E-state index in [0.29, 0.717) is 23.7 Å². The van der Waals surface area contributed by atoms with Gasteiger partial charge in [-0.05, 0) is 25.0 Å². The highest BCUT2D eigenvalue weighted by molar-refractivity contribution is 5.46. The number of rotatable bonds is 6. The Morgan fingerprint density at radius 1 is 1.45 bits per heavy atom. The molecule has 1 heterocycles. The van der Waals surface area contributed by atoms with E-state index in [-0.39, 0.29) is 6.10 Å². The molecule has 0 aromatic heterocycles. The molecule has 0 aliphatic carbocycles. The van der Waals surface area contributed by atoms with E-state index in [1.165, 1.54) is 0 Å². The second-order valence-corrected chi connectivity index (χ2v) is 4.67. The van der Waals surface area contributed by atoms with Crippen molar-refractivity contribution in [2.24, 2.45) is 0 Å². The Kier molecular flexibility index (Phi) is 5.66. The maximum Gasteiger partial charge on any atom is 0.162 e. The topological polar surface area (TPSA) is 63.5 Å². The second kappa shape index (κ2) is 7.73. The SMILES string of the molecule is COc1ccc(C#N)cc1OCCCC1CNCCO1. The second-order valence-electron chi connectivity index (χ2n) is 4.67. The molecular weight excluding hydrogens is 256 g/mol. The van der Waals surface area contributed by atoms with Gasteiger partial charge in [-0.2, -0.15) is 5.26 Å². The average Bonchev–Trinajstić information content (AvgIpc) is 2.52. The van der Waals surface area contributed by atoms with Crippen molar-refractivity contribution in [2.45, 2.75) is 18.9 Å². The van der Waals surface area contributed by atoms with Crippen LogP contribution >= 0.6 is 0 Å². The number of hydrogen-bond acceptors (Lipinski definition) is 5. The van der Waals surface area contributed by atoms with Crippen LogP contribution in [0.25, 0.3) is 0 Å². The van der Waals surface area contributed by atoms with Crippen molar-refractivity contribution in [3.8, 4) is 17.6 Å². The Labute approximate surface area is 119 Å². The quantitative estimate of drug-likeness (QED) is 0.801. The minimum Gasteiger partial charge on any atom is -0.493 e. The van der Waals surface area contributed by atoms with Crippen molar-refractivity contribution < 1.29 is 14.2 Å². The third kappa shape index (κ3) is 4.12. The molecule has 5 heteroatoms. The van der Waals surface area contributed by atoms with E-state index in [1.54, 1.807) is 25.3 Å². The number of morpholine rings is 1. The Morgan fingerprint density at radius 2 is 2.35 bits per heavy atom. The molecular formula is C15H20N2O3. The van der Waals surface area contributed by atoms with Gasteiger partial charge >= 0.3 is 0 Å². The minimum atomic E-state index is 0.277. The molecule has 1 aliphatic rings. The van der Waals surface area contributed by atoms with Crippen molar-refractivity contribution >= 4 is 0 Å². The Hall–Kier alpha value is -1.77. The molecule has 0 spiro atoms. The highest BCUT2D eigenvalue weighted by atomic mass is 16.5. The molecule has 5 nitrogen and oxygen atoms in total. The van der Waals surface area contributed by atoms with Gasteiger partial charge in [-0.1, -0.05) is 0 Å². The maximum atomic E-state index is 8.90. The van der Waals surface area contributed by atoms with E-state index >= 15 is 0 Å². The summed E-state index contributed by atoms with van der Waals surface area (Å²) in [6.07, 6.45) is 2.15. The molecule has 0 radical (unpaired) electrons. The summed E-state index contributed by atoms with van der Waals surface area (Å²) in [6, 6.07) is 7.27. The van der Waals surface area contributed by atoms with E-state index in [2.05, 4.69) is 11.4 Å². The van der Waals surface area contributed by atoms with Crippen LogP contribution in [0.15, 0.2) is 18.2 Å². The van der Waals surface area contributed by atoms with Crippen molar-refractivity contribution in [1.82, 2.24) is 5.32 Å². The molecule has 1 atom stereocenters. The summed E-state index contributed by atoms with van der Waals surface area (Å²) >= 11 is 0. The van der Waals surface area contributed by atoms with Crippen molar-refractivity contribution in [3.63, 3.8) is 0 Å². The van der Waals surface area contributed by atoms with E-state index in [0.717, 1.165) is 32.5 Å². The van der Waals surface area contributed by atoms with E-state index in [9.17, 15) is 0 Å². The first-order valence-corrected chi connectivity index (χ1v) is 6.86. The Bertz CT molecular complexity index is 465. The van der Waals surface area contributed by atoms with Crippen LogP contribution in [-0.2, 0) is 4.74 Å². The molecule has 1 fully saturated rings.